The Morgan fingerprint density at radius 2 is 0.864 bits per heavy atom. The van der Waals surface area contributed by atoms with E-state index in [4.69, 9.17) is 37.3 Å². The highest BCUT2D eigenvalue weighted by Crippen LogP contribution is 2.54. The van der Waals surface area contributed by atoms with Gasteiger partial charge in [0.05, 0.1) is 45.2 Å². The highest BCUT2D eigenvalue weighted by Gasteiger charge is 2.53. The quantitative estimate of drug-likeness (QED) is 0.0546. The second-order valence-electron chi connectivity index (χ2n) is 13.9. The molecule has 0 unspecified atom stereocenters. The SMILES string of the molecule is O=C(O[C@H]1[C@H](OP(=O)(OCc2ccccc2)OCc2ccccc2)O[C@H](COCc2ccccc2)[C@H](OCc2ccccc2)[C@@H]1OCc1ccccc1)c1ccccc1. The minimum Gasteiger partial charge on any atom is -0.450 e. The first-order chi connectivity index (χ1) is 29.0. The molecular formula is C48H47O10P. The Kier molecular flexibility index (Phi) is 15.4. The molecule has 0 saturated carbocycles. The van der Waals surface area contributed by atoms with Crippen LogP contribution in [0.1, 0.15) is 38.2 Å². The van der Waals surface area contributed by atoms with Gasteiger partial charge in [0.2, 0.25) is 6.29 Å². The topological polar surface area (TPSA) is 108 Å². The molecule has 6 aromatic carbocycles. The van der Waals surface area contributed by atoms with Gasteiger partial charge in [-0.15, -0.1) is 0 Å². The van der Waals surface area contributed by atoms with E-state index in [-0.39, 0.29) is 45.2 Å². The summed E-state index contributed by atoms with van der Waals surface area (Å²) in [6.45, 7) is 0.381. The third kappa shape index (κ3) is 12.6. The number of rotatable bonds is 20. The number of ether oxygens (including phenoxy) is 5. The smallest absolute Gasteiger partial charge is 0.450 e. The monoisotopic (exact) mass is 814 g/mol. The Morgan fingerprint density at radius 1 is 0.475 bits per heavy atom. The summed E-state index contributed by atoms with van der Waals surface area (Å²) in [5.74, 6) is -0.674. The van der Waals surface area contributed by atoms with Gasteiger partial charge in [0, 0.05) is 0 Å². The molecule has 0 radical (unpaired) electrons. The molecule has 1 aliphatic heterocycles. The molecule has 7 rings (SSSR count). The van der Waals surface area contributed by atoms with E-state index in [1.165, 1.54) is 0 Å². The van der Waals surface area contributed by atoms with Gasteiger partial charge in [0.15, 0.2) is 6.10 Å². The molecule has 59 heavy (non-hydrogen) atoms. The van der Waals surface area contributed by atoms with Crippen molar-refractivity contribution in [3.63, 3.8) is 0 Å². The Labute approximate surface area is 345 Å². The fourth-order valence-corrected chi connectivity index (χ4v) is 7.70. The summed E-state index contributed by atoms with van der Waals surface area (Å²) < 4.78 is 66.1. The lowest BCUT2D eigenvalue weighted by Crippen LogP contribution is -2.62. The number of carbonyl (C=O) groups is 1. The summed E-state index contributed by atoms with van der Waals surface area (Å²) in [5.41, 5.74) is 4.49. The van der Waals surface area contributed by atoms with Gasteiger partial charge in [-0.3, -0.25) is 13.6 Å². The Balaban J connectivity index is 1.25. The number of hydrogen-bond donors (Lipinski definition) is 0. The van der Waals surface area contributed by atoms with E-state index in [1.54, 1.807) is 30.3 Å². The summed E-state index contributed by atoms with van der Waals surface area (Å²) >= 11 is 0. The normalized spacial score (nSPS) is 19.2. The van der Waals surface area contributed by atoms with E-state index in [9.17, 15) is 9.36 Å². The second kappa shape index (κ2) is 21.7. The van der Waals surface area contributed by atoms with E-state index in [0.717, 1.165) is 27.8 Å². The van der Waals surface area contributed by atoms with Crippen LogP contribution in [0.15, 0.2) is 182 Å². The van der Waals surface area contributed by atoms with Crippen LogP contribution < -0.4 is 0 Å². The lowest BCUT2D eigenvalue weighted by Gasteiger charge is -2.45. The van der Waals surface area contributed by atoms with Gasteiger partial charge >= 0.3 is 13.8 Å². The number of esters is 1. The maximum absolute atomic E-state index is 14.9. The Morgan fingerprint density at radius 3 is 1.32 bits per heavy atom. The first-order valence-electron chi connectivity index (χ1n) is 19.5. The van der Waals surface area contributed by atoms with Crippen LogP contribution in [-0.2, 0) is 74.9 Å². The molecule has 1 aliphatic rings. The largest absolute Gasteiger partial charge is 0.477 e. The molecule has 0 spiro atoms. The Hall–Kier alpha value is -5.26. The van der Waals surface area contributed by atoms with Crippen LogP contribution in [0.4, 0.5) is 0 Å². The first-order valence-corrected chi connectivity index (χ1v) is 21.0. The van der Waals surface area contributed by atoms with Crippen LogP contribution in [0.3, 0.4) is 0 Å². The van der Waals surface area contributed by atoms with Crippen molar-refractivity contribution in [2.45, 2.75) is 63.7 Å². The highest BCUT2D eigenvalue weighted by molar-refractivity contribution is 7.48. The second-order valence-corrected chi connectivity index (χ2v) is 15.5. The summed E-state index contributed by atoms with van der Waals surface area (Å²) in [4.78, 5) is 14.0. The van der Waals surface area contributed by atoms with Gasteiger partial charge in [0.1, 0.15) is 18.3 Å². The van der Waals surface area contributed by atoms with Gasteiger partial charge in [-0.2, -0.15) is 0 Å². The van der Waals surface area contributed by atoms with Crippen molar-refractivity contribution in [3.8, 4) is 0 Å². The van der Waals surface area contributed by atoms with E-state index in [1.807, 2.05) is 152 Å². The first kappa shape index (κ1) is 41.9. The molecule has 6 aromatic rings. The molecule has 10 nitrogen and oxygen atoms in total. The maximum Gasteiger partial charge on any atom is 0.477 e. The van der Waals surface area contributed by atoms with Crippen molar-refractivity contribution in [1.82, 2.24) is 0 Å². The van der Waals surface area contributed by atoms with Gasteiger partial charge in [0.25, 0.3) is 0 Å². The third-order valence-electron chi connectivity index (χ3n) is 9.51. The molecule has 0 bridgehead atoms. The van der Waals surface area contributed by atoms with Gasteiger partial charge in [-0.05, 0) is 39.9 Å². The van der Waals surface area contributed by atoms with Crippen molar-refractivity contribution >= 4 is 13.8 Å². The third-order valence-corrected chi connectivity index (χ3v) is 10.9. The number of phosphoric ester groups is 1. The lowest BCUT2D eigenvalue weighted by atomic mass is 9.98. The molecule has 0 aromatic heterocycles. The van der Waals surface area contributed by atoms with E-state index in [0.29, 0.717) is 0 Å². The molecule has 5 atom stereocenters. The fourth-order valence-electron chi connectivity index (χ4n) is 6.46. The van der Waals surface area contributed by atoms with E-state index in [2.05, 4.69) is 0 Å². The van der Waals surface area contributed by atoms with Gasteiger partial charge in [-0.25, -0.2) is 9.36 Å². The predicted octanol–water partition coefficient (Wildman–Crippen LogP) is 9.88. The van der Waals surface area contributed by atoms with E-state index < -0.39 is 44.5 Å². The molecule has 1 heterocycles. The van der Waals surface area contributed by atoms with Crippen molar-refractivity contribution in [2.24, 2.45) is 0 Å². The number of phosphoric acid groups is 1. The van der Waals surface area contributed by atoms with Crippen molar-refractivity contribution in [1.29, 1.82) is 0 Å². The molecular weight excluding hydrogens is 767 g/mol. The van der Waals surface area contributed by atoms with Crippen LogP contribution in [0.25, 0.3) is 0 Å². The molecule has 1 saturated heterocycles. The molecule has 0 N–H and O–H groups in total. The van der Waals surface area contributed by atoms with E-state index >= 15 is 0 Å². The zero-order chi connectivity index (χ0) is 40.5. The van der Waals surface area contributed by atoms with Crippen LogP contribution >= 0.6 is 7.82 Å². The van der Waals surface area contributed by atoms with Gasteiger partial charge < -0.3 is 23.7 Å². The summed E-state index contributed by atoms with van der Waals surface area (Å²) in [7, 11) is -4.51. The average Bonchev–Trinajstić information content (AvgIpc) is 3.29. The highest BCUT2D eigenvalue weighted by atomic mass is 31.2. The maximum atomic E-state index is 14.9. The number of carbonyl (C=O) groups excluding carboxylic acids is 1. The lowest BCUT2D eigenvalue weighted by molar-refractivity contribution is -0.302. The average molecular weight is 815 g/mol. The van der Waals surface area contributed by atoms with Crippen LogP contribution in [0.5, 0.6) is 0 Å². The molecule has 1 fully saturated rings. The fraction of sp³-hybridized carbons (Fsp3) is 0.229. The van der Waals surface area contributed by atoms with Crippen molar-refractivity contribution in [2.75, 3.05) is 6.61 Å². The Bertz CT molecular complexity index is 2120. The van der Waals surface area contributed by atoms with Crippen LogP contribution in [0.2, 0.25) is 0 Å². The van der Waals surface area contributed by atoms with Crippen LogP contribution in [-0.4, -0.2) is 43.3 Å². The summed E-state index contributed by atoms with van der Waals surface area (Å²) in [6.07, 6.45) is -5.67. The molecule has 304 valence electrons. The van der Waals surface area contributed by atoms with Crippen molar-refractivity contribution < 1.29 is 46.6 Å². The molecule has 0 aliphatic carbocycles. The molecule has 11 heteroatoms. The standard InChI is InChI=1S/C48H47O10P/c49-47(42-29-17-6-18-30-42)57-46-45(53-33-39-23-11-3-12-24-39)44(52-32-38-21-9-2-10-22-38)43(36-51-31-37-19-7-1-8-20-37)56-48(46)58-59(50,54-34-40-25-13-4-14-26-40)55-35-41-27-15-5-16-28-41/h1-30,43-46,48H,31-36H2/t43-,44+,45+,46-,48+/m1/s1. The zero-order valence-electron chi connectivity index (χ0n) is 32.5. The summed E-state index contributed by atoms with van der Waals surface area (Å²) in [5, 5.41) is 0. The molecule has 0 amide bonds. The van der Waals surface area contributed by atoms with Crippen molar-refractivity contribution in [3.05, 3.63) is 215 Å². The van der Waals surface area contributed by atoms with Crippen LogP contribution in [0, 0.1) is 0 Å². The minimum absolute atomic E-state index is 0.0127. The zero-order valence-corrected chi connectivity index (χ0v) is 33.4. The summed E-state index contributed by atoms with van der Waals surface area (Å²) in [6, 6.07) is 56.1. The number of hydrogen-bond acceptors (Lipinski definition) is 10. The minimum atomic E-state index is -4.51. The number of benzene rings is 6. The predicted molar refractivity (Wildman–Crippen MR) is 222 cm³/mol. The van der Waals surface area contributed by atoms with Gasteiger partial charge in [-0.1, -0.05) is 170 Å².